The molecule has 30 heavy (non-hydrogen) atoms. The van der Waals surface area contributed by atoms with Gasteiger partial charge in [-0.05, 0) is 37.5 Å². The van der Waals surface area contributed by atoms with Gasteiger partial charge < -0.3 is 15.0 Å². The smallest absolute Gasteiger partial charge is 0.410 e. The topological polar surface area (TPSA) is 70.7 Å². The van der Waals surface area contributed by atoms with Crippen molar-refractivity contribution in [3.05, 3.63) is 66.2 Å². The van der Waals surface area contributed by atoms with E-state index in [9.17, 15) is 9.59 Å². The third-order valence-corrected chi connectivity index (χ3v) is 4.85. The van der Waals surface area contributed by atoms with Gasteiger partial charge in [0.2, 0.25) is 6.41 Å². The Morgan fingerprint density at radius 3 is 2.37 bits per heavy atom. The lowest BCUT2D eigenvalue weighted by Crippen LogP contribution is -2.49. The van der Waals surface area contributed by atoms with Crippen LogP contribution in [0.15, 0.2) is 60.7 Å². The van der Waals surface area contributed by atoms with Crippen LogP contribution in [0.25, 0.3) is 0 Å². The van der Waals surface area contributed by atoms with Crippen LogP contribution in [0, 0.1) is 0 Å². The lowest BCUT2D eigenvalue weighted by atomic mass is 10.1. The van der Waals surface area contributed by atoms with Crippen LogP contribution >= 0.6 is 0 Å². The predicted octanol–water partition coefficient (Wildman–Crippen LogP) is 4.32. The highest BCUT2D eigenvalue weighted by Crippen LogP contribution is 2.12. The Morgan fingerprint density at radius 2 is 1.73 bits per heavy atom. The van der Waals surface area contributed by atoms with Crippen molar-refractivity contribution in [1.82, 2.24) is 15.5 Å². The van der Waals surface area contributed by atoms with Crippen molar-refractivity contribution in [2.45, 2.75) is 58.3 Å². The van der Waals surface area contributed by atoms with Crippen molar-refractivity contribution in [1.29, 1.82) is 0 Å². The first-order valence-electron chi connectivity index (χ1n) is 10.6. The molecule has 6 heteroatoms. The van der Waals surface area contributed by atoms with E-state index in [1.165, 1.54) is 0 Å². The summed E-state index contributed by atoms with van der Waals surface area (Å²) in [6.07, 6.45) is 4.12. The summed E-state index contributed by atoms with van der Waals surface area (Å²) in [5, 5.41) is 6.33. The number of amides is 2. The number of nitrogens with zero attached hydrogens (tertiary/aromatic N) is 1. The Kier molecular flexibility index (Phi) is 10.4. The summed E-state index contributed by atoms with van der Waals surface area (Å²) in [5.41, 5.74) is 1.10. The van der Waals surface area contributed by atoms with Gasteiger partial charge in [-0.25, -0.2) is 4.79 Å². The largest absolute Gasteiger partial charge is 0.412 e. The molecule has 0 saturated carbocycles. The number of nitrogens with one attached hydrogen (secondary N) is 2. The molecule has 2 aromatic rings. The summed E-state index contributed by atoms with van der Waals surface area (Å²) in [7, 11) is 0. The molecule has 0 bridgehead atoms. The van der Waals surface area contributed by atoms with Gasteiger partial charge in [0.25, 0.3) is 0 Å². The van der Waals surface area contributed by atoms with Gasteiger partial charge in [-0.3, -0.25) is 10.1 Å². The number of rotatable bonds is 13. The van der Waals surface area contributed by atoms with Crippen LogP contribution in [0.1, 0.15) is 45.1 Å². The van der Waals surface area contributed by atoms with E-state index in [1.54, 1.807) is 12.1 Å². The molecule has 6 nitrogen and oxygen atoms in total. The second kappa shape index (κ2) is 13.4. The van der Waals surface area contributed by atoms with Crippen molar-refractivity contribution < 1.29 is 14.3 Å². The molecule has 0 saturated heterocycles. The van der Waals surface area contributed by atoms with Gasteiger partial charge in [0.05, 0.1) is 6.17 Å². The summed E-state index contributed by atoms with van der Waals surface area (Å²) in [6.45, 7) is 5.26. The molecule has 0 fully saturated rings. The second-order valence-electron chi connectivity index (χ2n) is 7.41. The van der Waals surface area contributed by atoms with E-state index in [4.69, 9.17) is 4.74 Å². The fraction of sp³-hybridized carbons (Fsp3) is 0.417. The van der Waals surface area contributed by atoms with Gasteiger partial charge in [-0.1, -0.05) is 68.3 Å². The lowest BCUT2D eigenvalue weighted by molar-refractivity contribution is -0.121. The molecule has 0 spiro atoms. The van der Waals surface area contributed by atoms with Gasteiger partial charge in [0, 0.05) is 19.1 Å². The lowest BCUT2D eigenvalue weighted by Gasteiger charge is -2.32. The molecule has 0 aliphatic heterocycles. The number of hydrogen-bond donors (Lipinski definition) is 2. The third-order valence-electron chi connectivity index (χ3n) is 4.85. The Balaban J connectivity index is 1.82. The van der Waals surface area contributed by atoms with E-state index >= 15 is 0 Å². The summed E-state index contributed by atoms with van der Waals surface area (Å²) in [5.74, 6) is 0.517. The summed E-state index contributed by atoms with van der Waals surface area (Å²) in [4.78, 5) is 25.5. The highest BCUT2D eigenvalue weighted by Gasteiger charge is 2.19. The molecule has 2 atom stereocenters. The number of ether oxygens (including phenoxy) is 1. The van der Waals surface area contributed by atoms with Crippen molar-refractivity contribution in [2.24, 2.45) is 0 Å². The Labute approximate surface area is 179 Å². The zero-order chi connectivity index (χ0) is 21.6. The maximum absolute atomic E-state index is 11.9. The number of carbonyl (C=O) groups excluding carboxylic acids is 2. The highest BCUT2D eigenvalue weighted by molar-refractivity contribution is 5.70. The first-order chi connectivity index (χ1) is 14.6. The minimum atomic E-state index is -0.463. The molecule has 0 radical (unpaired) electrons. The van der Waals surface area contributed by atoms with E-state index in [2.05, 4.69) is 24.5 Å². The summed E-state index contributed by atoms with van der Waals surface area (Å²) in [6, 6.07) is 19.1. The number of hydrogen-bond acceptors (Lipinski definition) is 4. The number of para-hydroxylation sites is 1. The van der Waals surface area contributed by atoms with Crippen molar-refractivity contribution in [3.63, 3.8) is 0 Å². The average Bonchev–Trinajstić information content (AvgIpc) is 2.76. The SMILES string of the molecule is CCCCC(N[C@H](C)CCNC(=O)Oc1ccccc1)N(C=O)Cc1ccccc1. The van der Waals surface area contributed by atoms with Crippen LogP contribution < -0.4 is 15.4 Å². The van der Waals surface area contributed by atoms with E-state index in [0.29, 0.717) is 18.8 Å². The van der Waals surface area contributed by atoms with Gasteiger partial charge in [-0.15, -0.1) is 0 Å². The minimum absolute atomic E-state index is 0.0473. The predicted molar refractivity (Wildman–Crippen MR) is 119 cm³/mol. The molecule has 0 aromatic heterocycles. The quantitative estimate of drug-likeness (QED) is 0.380. The number of unbranched alkanes of at least 4 members (excludes halogenated alkanes) is 1. The first kappa shape index (κ1) is 23.4. The minimum Gasteiger partial charge on any atom is -0.410 e. The van der Waals surface area contributed by atoms with E-state index < -0.39 is 6.09 Å². The van der Waals surface area contributed by atoms with Crippen LogP contribution in [0.2, 0.25) is 0 Å². The molecule has 2 N–H and O–H groups in total. The van der Waals surface area contributed by atoms with Crippen molar-refractivity contribution in [2.75, 3.05) is 6.54 Å². The molecule has 0 aliphatic rings. The molecular formula is C24H33N3O3. The molecule has 2 aromatic carbocycles. The van der Waals surface area contributed by atoms with Crippen LogP contribution in [-0.4, -0.2) is 36.2 Å². The molecule has 0 heterocycles. The van der Waals surface area contributed by atoms with Gasteiger partial charge >= 0.3 is 6.09 Å². The Hall–Kier alpha value is -2.86. The van der Waals surface area contributed by atoms with E-state index in [1.807, 2.05) is 53.4 Å². The van der Waals surface area contributed by atoms with E-state index in [-0.39, 0.29) is 12.2 Å². The molecule has 162 valence electrons. The molecular weight excluding hydrogens is 378 g/mol. The molecule has 2 amide bonds. The average molecular weight is 412 g/mol. The fourth-order valence-electron chi connectivity index (χ4n) is 3.19. The highest BCUT2D eigenvalue weighted by atomic mass is 16.6. The maximum Gasteiger partial charge on any atom is 0.412 e. The number of benzene rings is 2. The van der Waals surface area contributed by atoms with Crippen LogP contribution in [-0.2, 0) is 11.3 Å². The summed E-state index contributed by atoms with van der Waals surface area (Å²) >= 11 is 0. The van der Waals surface area contributed by atoms with Gasteiger partial charge in [0.15, 0.2) is 0 Å². The second-order valence-corrected chi connectivity index (χ2v) is 7.41. The van der Waals surface area contributed by atoms with Gasteiger partial charge in [-0.2, -0.15) is 0 Å². The van der Waals surface area contributed by atoms with Crippen LogP contribution in [0.4, 0.5) is 4.79 Å². The normalized spacial score (nSPS) is 12.6. The Morgan fingerprint density at radius 1 is 1.07 bits per heavy atom. The molecule has 2 rings (SSSR count). The third kappa shape index (κ3) is 8.66. The zero-order valence-corrected chi connectivity index (χ0v) is 17.9. The maximum atomic E-state index is 11.9. The Bertz CT molecular complexity index is 740. The van der Waals surface area contributed by atoms with Crippen LogP contribution in [0.5, 0.6) is 5.75 Å². The van der Waals surface area contributed by atoms with E-state index in [0.717, 1.165) is 37.7 Å². The van der Waals surface area contributed by atoms with Crippen molar-refractivity contribution in [3.8, 4) is 5.75 Å². The monoisotopic (exact) mass is 411 g/mol. The standard InChI is InChI=1S/C24H33N3O3/c1-3-4-15-23(27(19-28)18-21-11-7-5-8-12-21)26-20(2)16-17-25-24(29)30-22-13-9-6-10-14-22/h5-14,19-20,23,26H,3-4,15-18H2,1-2H3,(H,25,29)/t20-,23?/m1/s1. The number of carbonyl (C=O) groups is 2. The fourth-order valence-corrected chi connectivity index (χ4v) is 3.19. The van der Waals surface area contributed by atoms with Gasteiger partial charge in [0.1, 0.15) is 5.75 Å². The zero-order valence-electron chi connectivity index (χ0n) is 17.9. The summed E-state index contributed by atoms with van der Waals surface area (Å²) < 4.78 is 5.23. The van der Waals surface area contributed by atoms with Crippen molar-refractivity contribution >= 4 is 12.5 Å². The first-order valence-corrected chi connectivity index (χ1v) is 10.6. The molecule has 1 unspecified atom stereocenters. The van der Waals surface area contributed by atoms with Crippen LogP contribution in [0.3, 0.4) is 0 Å². The molecule has 0 aliphatic carbocycles.